The number of hydrogen-bond donors (Lipinski definition) is 2. The molecule has 180 valence electrons. The number of aliphatic hydroxyl groups is 1. The molecule has 0 amide bonds. The molecule has 0 saturated heterocycles. The number of rotatable bonds is 8. The zero-order valence-electron chi connectivity index (χ0n) is 18.0. The molecule has 0 saturated carbocycles. The number of alkyl halides is 3. The van der Waals surface area contributed by atoms with Crippen molar-refractivity contribution < 1.29 is 26.7 Å². The SMILES string of the molecule is C=C(c1ccnc(CCCO)c1)c1ncc(Cl)cc1NS(=O)(=O)c1ccc(C)c(C(F)(F)F)c1. The Morgan fingerprint density at radius 2 is 1.91 bits per heavy atom. The average molecular weight is 512 g/mol. The second kappa shape index (κ2) is 10.1. The maximum Gasteiger partial charge on any atom is 0.416 e. The lowest BCUT2D eigenvalue weighted by atomic mass is 10.0. The molecule has 0 aliphatic rings. The number of nitrogens with zero attached hydrogens (tertiary/aromatic N) is 2. The van der Waals surface area contributed by atoms with Crippen molar-refractivity contribution in [3.63, 3.8) is 0 Å². The summed E-state index contributed by atoms with van der Waals surface area (Å²) in [6, 6.07) is 7.48. The number of anilines is 1. The third-order valence-electron chi connectivity index (χ3n) is 4.97. The Morgan fingerprint density at radius 1 is 1.18 bits per heavy atom. The van der Waals surface area contributed by atoms with Gasteiger partial charge in [-0.2, -0.15) is 13.2 Å². The molecule has 0 spiro atoms. The van der Waals surface area contributed by atoms with E-state index >= 15 is 0 Å². The van der Waals surface area contributed by atoms with E-state index in [4.69, 9.17) is 16.7 Å². The van der Waals surface area contributed by atoms with Crippen LogP contribution in [0.5, 0.6) is 0 Å². The van der Waals surface area contributed by atoms with E-state index < -0.39 is 26.7 Å². The molecule has 2 N–H and O–H groups in total. The number of sulfonamides is 1. The smallest absolute Gasteiger partial charge is 0.396 e. The van der Waals surface area contributed by atoms with Crippen molar-refractivity contribution in [1.29, 1.82) is 0 Å². The molecular weight excluding hydrogens is 491 g/mol. The van der Waals surface area contributed by atoms with Crippen LogP contribution in [0.25, 0.3) is 5.57 Å². The molecule has 0 unspecified atom stereocenters. The fourth-order valence-electron chi connectivity index (χ4n) is 3.23. The summed E-state index contributed by atoms with van der Waals surface area (Å²) in [6.45, 7) is 5.26. The molecule has 2 aromatic heterocycles. The van der Waals surface area contributed by atoms with Gasteiger partial charge in [-0.1, -0.05) is 24.2 Å². The van der Waals surface area contributed by atoms with Crippen LogP contribution in [-0.4, -0.2) is 30.1 Å². The molecule has 1 aromatic carbocycles. The monoisotopic (exact) mass is 511 g/mol. The van der Waals surface area contributed by atoms with Crippen LogP contribution >= 0.6 is 11.6 Å². The number of hydrogen-bond acceptors (Lipinski definition) is 5. The van der Waals surface area contributed by atoms with Crippen LogP contribution in [-0.2, 0) is 22.6 Å². The predicted octanol–water partition coefficient (Wildman–Crippen LogP) is 5.24. The van der Waals surface area contributed by atoms with Crippen molar-refractivity contribution in [3.8, 4) is 0 Å². The zero-order chi connectivity index (χ0) is 25.1. The van der Waals surface area contributed by atoms with Gasteiger partial charge in [-0.3, -0.25) is 14.7 Å². The molecule has 6 nitrogen and oxygen atoms in total. The Bertz CT molecular complexity index is 1330. The number of benzene rings is 1. The van der Waals surface area contributed by atoms with Gasteiger partial charge in [-0.25, -0.2) is 8.42 Å². The van der Waals surface area contributed by atoms with Gasteiger partial charge in [0.05, 0.1) is 26.9 Å². The van der Waals surface area contributed by atoms with Gasteiger partial charge in [-0.05, 0) is 61.2 Å². The van der Waals surface area contributed by atoms with Gasteiger partial charge in [-0.15, -0.1) is 0 Å². The first kappa shape index (κ1) is 25.7. The van der Waals surface area contributed by atoms with Gasteiger partial charge in [0.25, 0.3) is 10.0 Å². The maximum atomic E-state index is 13.3. The van der Waals surface area contributed by atoms with Crippen molar-refractivity contribution in [3.05, 3.63) is 88.5 Å². The molecule has 0 aliphatic carbocycles. The molecule has 2 heterocycles. The highest BCUT2D eigenvalue weighted by Crippen LogP contribution is 2.34. The summed E-state index contributed by atoms with van der Waals surface area (Å²) in [4.78, 5) is 7.86. The summed E-state index contributed by atoms with van der Waals surface area (Å²) in [5.41, 5.74) is 0.616. The third kappa shape index (κ3) is 5.94. The van der Waals surface area contributed by atoms with E-state index in [1.54, 1.807) is 18.3 Å². The molecule has 11 heteroatoms. The summed E-state index contributed by atoms with van der Waals surface area (Å²) in [5, 5.41) is 9.15. The Kier molecular flexibility index (Phi) is 7.64. The standard InChI is InChI=1S/C23H21ClF3N3O3S/c1-14-5-6-19(12-20(14)23(25,26)27)34(32,33)30-21-11-17(24)13-29-22(21)15(2)16-7-8-28-18(10-16)4-3-9-31/h5-8,10-13,30-31H,2-4,9H2,1H3. The lowest BCUT2D eigenvalue weighted by Gasteiger charge is -2.16. The Morgan fingerprint density at radius 3 is 2.59 bits per heavy atom. The number of aliphatic hydroxyl groups excluding tert-OH is 1. The predicted molar refractivity (Wildman–Crippen MR) is 124 cm³/mol. The summed E-state index contributed by atoms with van der Waals surface area (Å²) in [5.74, 6) is 0. The van der Waals surface area contributed by atoms with Crippen molar-refractivity contribution in [1.82, 2.24) is 9.97 Å². The highest BCUT2D eigenvalue weighted by molar-refractivity contribution is 7.92. The van der Waals surface area contributed by atoms with Crippen molar-refractivity contribution in [2.75, 3.05) is 11.3 Å². The highest BCUT2D eigenvalue weighted by Gasteiger charge is 2.34. The first-order valence-electron chi connectivity index (χ1n) is 10.0. The van der Waals surface area contributed by atoms with Crippen molar-refractivity contribution in [2.24, 2.45) is 0 Å². The highest BCUT2D eigenvalue weighted by atomic mass is 35.5. The Labute approximate surface area is 200 Å². The van der Waals surface area contributed by atoms with Crippen molar-refractivity contribution >= 4 is 32.9 Å². The molecule has 0 fully saturated rings. The van der Waals surface area contributed by atoms with E-state index in [9.17, 15) is 21.6 Å². The molecule has 3 rings (SSSR count). The quantitative estimate of drug-likeness (QED) is 0.431. The van der Waals surface area contributed by atoms with E-state index in [0.29, 0.717) is 35.7 Å². The van der Waals surface area contributed by atoms with Gasteiger partial charge in [0.1, 0.15) is 0 Å². The van der Waals surface area contributed by atoms with Gasteiger partial charge >= 0.3 is 6.18 Å². The first-order chi connectivity index (χ1) is 15.9. The molecule has 3 aromatic rings. The zero-order valence-corrected chi connectivity index (χ0v) is 19.6. The number of aryl methyl sites for hydroxylation is 2. The van der Waals surface area contributed by atoms with Crippen molar-refractivity contribution in [2.45, 2.75) is 30.8 Å². The largest absolute Gasteiger partial charge is 0.416 e. The van der Waals surface area contributed by atoms with Crippen LogP contribution in [0.4, 0.5) is 18.9 Å². The summed E-state index contributed by atoms with van der Waals surface area (Å²) in [7, 11) is -4.42. The van der Waals surface area contributed by atoms with Crippen LogP contribution in [0.1, 0.15) is 34.5 Å². The minimum Gasteiger partial charge on any atom is -0.396 e. The third-order valence-corrected chi connectivity index (χ3v) is 6.54. The minimum absolute atomic E-state index is 0.00653. The number of pyridine rings is 2. The molecule has 0 aliphatic heterocycles. The van der Waals surface area contributed by atoms with Crippen LogP contribution < -0.4 is 4.72 Å². The Balaban J connectivity index is 2.00. The lowest BCUT2D eigenvalue weighted by molar-refractivity contribution is -0.138. The summed E-state index contributed by atoms with van der Waals surface area (Å²) in [6.07, 6.45) is -0.801. The van der Waals surface area contributed by atoms with Crippen LogP contribution in [0.3, 0.4) is 0 Å². The van der Waals surface area contributed by atoms with E-state index in [2.05, 4.69) is 21.3 Å². The minimum atomic E-state index is -4.71. The van der Waals surface area contributed by atoms with E-state index in [-0.39, 0.29) is 28.6 Å². The second-order valence-electron chi connectivity index (χ2n) is 7.47. The molecular formula is C23H21ClF3N3O3S. The van der Waals surface area contributed by atoms with Gasteiger partial charge < -0.3 is 5.11 Å². The van der Waals surface area contributed by atoms with Gasteiger partial charge in [0.15, 0.2) is 0 Å². The van der Waals surface area contributed by atoms with Gasteiger partial charge in [0, 0.05) is 30.3 Å². The summed E-state index contributed by atoms with van der Waals surface area (Å²) >= 11 is 6.02. The molecule has 0 atom stereocenters. The molecule has 34 heavy (non-hydrogen) atoms. The molecule has 0 radical (unpaired) electrons. The normalized spacial score (nSPS) is 11.9. The van der Waals surface area contributed by atoms with Crippen LogP contribution in [0.15, 0.2) is 60.3 Å². The summed E-state index contributed by atoms with van der Waals surface area (Å²) < 4.78 is 68.1. The van der Waals surface area contributed by atoms with Crippen LogP contribution in [0.2, 0.25) is 5.02 Å². The van der Waals surface area contributed by atoms with E-state index in [1.165, 1.54) is 19.2 Å². The van der Waals surface area contributed by atoms with Crippen LogP contribution in [0, 0.1) is 6.92 Å². The topological polar surface area (TPSA) is 92.2 Å². The number of halogens is 4. The fourth-order valence-corrected chi connectivity index (χ4v) is 4.48. The van der Waals surface area contributed by atoms with E-state index in [1.807, 2.05) is 0 Å². The van der Waals surface area contributed by atoms with E-state index in [0.717, 1.165) is 12.1 Å². The fraction of sp³-hybridized carbons (Fsp3) is 0.217. The molecule has 0 bridgehead atoms. The number of nitrogens with one attached hydrogen (secondary N) is 1. The maximum absolute atomic E-state index is 13.3. The average Bonchev–Trinajstić information content (AvgIpc) is 2.76. The van der Waals surface area contributed by atoms with Gasteiger partial charge in [0.2, 0.25) is 0 Å². The second-order valence-corrected chi connectivity index (χ2v) is 9.59. The Hall–Kier alpha value is -2.95. The lowest BCUT2D eigenvalue weighted by Crippen LogP contribution is -2.17. The number of aromatic nitrogens is 2. The first-order valence-corrected chi connectivity index (χ1v) is 11.9.